The first-order valence-electron chi connectivity index (χ1n) is 10.4. The van der Waals surface area contributed by atoms with Crippen LogP contribution in [0, 0.1) is 11.6 Å². The Morgan fingerprint density at radius 3 is 2.27 bits per heavy atom. The third kappa shape index (κ3) is 4.36. The van der Waals surface area contributed by atoms with E-state index in [0.29, 0.717) is 17.0 Å². The van der Waals surface area contributed by atoms with E-state index in [4.69, 9.17) is 4.99 Å². The van der Waals surface area contributed by atoms with Gasteiger partial charge in [-0.05, 0) is 66.2 Å². The highest BCUT2D eigenvalue weighted by atomic mass is 19.1. The van der Waals surface area contributed by atoms with Crippen LogP contribution in [0.4, 0.5) is 25.8 Å². The first-order chi connectivity index (χ1) is 16.1. The number of para-hydroxylation sites is 1. The molecule has 1 amide bonds. The number of anilines is 2. The van der Waals surface area contributed by atoms with Gasteiger partial charge in [-0.25, -0.2) is 13.8 Å². The van der Waals surface area contributed by atoms with E-state index in [0.717, 1.165) is 28.1 Å². The molecule has 2 N–H and O–H groups in total. The molecule has 0 radical (unpaired) electrons. The standard InChI is InChI=1S/C27H19F2N3O/c28-20-10-5-17(6-11-20)16-30-27(33)19-9-14-24-25(15-19)32-26(18-7-12-21(29)13-8-18)22-3-1-2-4-23(22)31-24/h1-15,31H,16H2,(H,30,33). The lowest BCUT2D eigenvalue weighted by Gasteiger charge is -2.11. The highest BCUT2D eigenvalue weighted by Crippen LogP contribution is 2.36. The molecule has 0 spiro atoms. The van der Waals surface area contributed by atoms with E-state index < -0.39 is 0 Å². The summed E-state index contributed by atoms with van der Waals surface area (Å²) in [5, 5.41) is 6.24. The highest BCUT2D eigenvalue weighted by Gasteiger charge is 2.19. The number of carbonyl (C=O) groups is 1. The smallest absolute Gasteiger partial charge is 0.251 e. The van der Waals surface area contributed by atoms with E-state index in [-0.39, 0.29) is 24.1 Å². The van der Waals surface area contributed by atoms with Gasteiger partial charge in [-0.2, -0.15) is 0 Å². The Bertz CT molecular complexity index is 1360. The van der Waals surface area contributed by atoms with Crippen LogP contribution in [0.1, 0.15) is 27.0 Å². The molecule has 0 unspecified atom stereocenters. The fraction of sp³-hybridized carbons (Fsp3) is 0.0370. The molecule has 4 nitrogen and oxygen atoms in total. The van der Waals surface area contributed by atoms with Crippen LogP contribution in [0.15, 0.2) is 96.0 Å². The lowest BCUT2D eigenvalue weighted by molar-refractivity contribution is 0.0951. The second kappa shape index (κ2) is 8.67. The zero-order valence-electron chi connectivity index (χ0n) is 17.5. The van der Waals surface area contributed by atoms with Crippen molar-refractivity contribution in [2.24, 2.45) is 4.99 Å². The Hall–Kier alpha value is -4.32. The van der Waals surface area contributed by atoms with E-state index in [1.807, 2.05) is 30.3 Å². The monoisotopic (exact) mass is 439 g/mol. The summed E-state index contributed by atoms with van der Waals surface area (Å²) in [5.74, 6) is -0.901. The predicted octanol–water partition coefficient (Wildman–Crippen LogP) is 6.12. The highest BCUT2D eigenvalue weighted by molar-refractivity contribution is 6.18. The van der Waals surface area contributed by atoms with Crippen LogP contribution in [0.2, 0.25) is 0 Å². The molecule has 33 heavy (non-hydrogen) atoms. The van der Waals surface area contributed by atoms with Crippen LogP contribution in [-0.4, -0.2) is 11.6 Å². The second-order valence-electron chi connectivity index (χ2n) is 7.68. The normalized spacial score (nSPS) is 12.0. The fourth-order valence-corrected chi connectivity index (χ4v) is 3.71. The Labute approximate surface area is 189 Å². The summed E-state index contributed by atoms with van der Waals surface area (Å²) >= 11 is 0. The Morgan fingerprint density at radius 2 is 1.52 bits per heavy atom. The van der Waals surface area contributed by atoms with Crippen LogP contribution in [0.5, 0.6) is 0 Å². The van der Waals surface area contributed by atoms with Gasteiger partial charge in [0.15, 0.2) is 0 Å². The van der Waals surface area contributed by atoms with Crippen molar-refractivity contribution in [1.29, 1.82) is 0 Å². The number of hydrogen-bond acceptors (Lipinski definition) is 3. The molecular formula is C27H19F2N3O. The minimum Gasteiger partial charge on any atom is -0.353 e. The van der Waals surface area contributed by atoms with Gasteiger partial charge in [0.2, 0.25) is 0 Å². The maximum atomic E-state index is 13.5. The number of halogens is 2. The molecule has 1 heterocycles. The number of aliphatic imine (C=N–C) groups is 1. The first kappa shape index (κ1) is 20.6. The van der Waals surface area contributed by atoms with Gasteiger partial charge in [-0.15, -0.1) is 0 Å². The zero-order valence-corrected chi connectivity index (χ0v) is 17.5. The van der Waals surface area contributed by atoms with Gasteiger partial charge in [0.25, 0.3) is 5.91 Å². The molecule has 6 heteroatoms. The lowest BCUT2D eigenvalue weighted by atomic mass is 10.0. The maximum Gasteiger partial charge on any atom is 0.251 e. The molecular weight excluding hydrogens is 420 g/mol. The van der Waals surface area contributed by atoms with Crippen molar-refractivity contribution in [1.82, 2.24) is 5.32 Å². The topological polar surface area (TPSA) is 53.5 Å². The molecule has 5 rings (SSSR count). The number of fused-ring (bicyclic) bond motifs is 2. The number of nitrogens with one attached hydrogen (secondary N) is 2. The molecule has 4 aromatic carbocycles. The molecule has 1 aliphatic rings. The van der Waals surface area contributed by atoms with Gasteiger partial charge in [-0.3, -0.25) is 4.79 Å². The van der Waals surface area contributed by atoms with Gasteiger partial charge >= 0.3 is 0 Å². The summed E-state index contributed by atoms with van der Waals surface area (Å²) in [6, 6.07) is 25.2. The predicted molar refractivity (Wildman–Crippen MR) is 125 cm³/mol. The minimum atomic E-state index is -0.320. The summed E-state index contributed by atoms with van der Waals surface area (Å²) in [5.41, 5.74) is 5.80. The number of rotatable bonds is 4. The molecule has 4 aromatic rings. The molecule has 1 aliphatic heterocycles. The average molecular weight is 439 g/mol. The molecule has 0 aliphatic carbocycles. The first-order valence-corrected chi connectivity index (χ1v) is 10.4. The van der Waals surface area contributed by atoms with Gasteiger partial charge in [0.1, 0.15) is 11.6 Å². The van der Waals surface area contributed by atoms with Crippen LogP contribution in [0.25, 0.3) is 0 Å². The summed E-state index contributed by atoms with van der Waals surface area (Å²) < 4.78 is 26.6. The molecule has 0 bridgehead atoms. The summed E-state index contributed by atoms with van der Waals surface area (Å²) in [7, 11) is 0. The van der Waals surface area contributed by atoms with Crippen molar-refractivity contribution in [2.75, 3.05) is 5.32 Å². The molecule has 0 saturated carbocycles. The van der Waals surface area contributed by atoms with Crippen molar-refractivity contribution in [3.05, 3.63) is 125 Å². The molecule has 0 fully saturated rings. The van der Waals surface area contributed by atoms with Crippen LogP contribution < -0.4 is 10.6 Å². The number of amides is 1. The zero-order chi connectivity index (χ0) is 22.8. The van der Waals surface area contributed by atoms with Crippen molar-refractivity contribution >= 4 is 28.7 Å². The van der Waals surface area contributed by atoms with E-state index in [1.165, 1.54) is 24.3 Å². The van der Waals surface area contributed by atoms with Crippen molar-refractivity contribution in [3.63, 3.8) is 0 Å². The maximum absolute atomic E-state index is 13.5. The summed E-state index contributed by atoms with van der Waals surface area (Å²) in [4.78, 5) is 17.6. The number of hydrogen-bond donors (Lipinski definition) is 2. The Balaban J connectivity index is 1.49. The Kier molecular flexibility index (Phi) is 5.40. The van der Waals surface area contributed by atoms with Gasteiger partial charge < -0.3 is 10.6 Å². The Morgan fingerprint density at radius 1 is 0.818 bits per heavy atom. The van der Waals surface area contributed by atoms with E-state index >= 15 is 0 Å². The van der Waals surface area contributed by atoms with Crippen LogP contribution in [-0.2, 0) is 6.54 Å². The fourth-order valence-electron chi connectivity index (χ4n) is 3.71. The molecule has 0 atom stereocenters. The number of carbonyl (C=O) groups excluding carboxylic acids is 1. The average Bonchev–Trinajstić information content (AvgIpc) is 3.00. The summed E-state index contributed by atoms with van der Waals surface area (Å²) in [6.45, 7) is 0.282. The summed E-state index contributed by atoms with van der Waals surface area (Å²) in [6.07, 6.45) is 0. The van der Waals surface area contributed by atoms with E-state index in [1.54, 1.807) is 36.4 Å². The molecule has 0 saturated heterocycles. The quantitative estimate of drug-likeness (QED) is 0.354. The van der Waals surface area contributed by atoms with Crippen molar-refractivity contribution < 1.29 is 13.6 Å². The van der Waals surface area contributed by atoms with Crippen molar-refractivity contribution in [3.8, 4) is 0 Å². The van der Waals surface area contributed by atoms with Crippen LogP contribution >= 0.6 is 0 Å². The molecule has 0 aromatic heterocycles. The van der Waals surface area contributed by atoms with Crippen LogP contribution in [0.3, 0.4) is 0 Å². The van der Waals surface area contributed by atoms with E-state index in [2.05, 4.69) is 10.6 Å². The molecule has 162 valence electrons. The third-order valence-electron chi connectivity index (χ3n) is 5.43. The minimum absolute atomic E-state index is 0.262. The van der Waals surface area contributed by atoms with Gasteiger partial charge in [-0.1, -0.05) is 30.3 Å². The number of nitrogens with zero attached hydrogens (tertiary/aromatic N) is 1. The lowest BCUT2D eigenvalue weighted by Crippen LogP contribution is -2.22. The van der Waals surface area contributed by atoms with Crippen molar-refractivity contribution in [2.45, 2.75) is 6.54 Å². The second-order valence-corrected chi connectivity index (χ2v) is 7.68. The van der Waals surface area contributed by atoms with Gasteiger partial charge in [0, 0.05) is 28.9 Å². The van der Waals surface area contributed by atoms with Gasteiger partial charge in [0.05, 0.1) is 17.1 Å². The van der Waals surface area contributed by atoms with E-state index in [9.17, 15) is 13.6 Å². The SMILES string of the molecule is O=C(NCc1ccc(F)cc1)c1ccc2c(c1)N=C(c1ccc(F)cc1)c1ccccc1N2. The number of benzene rings is 4. The largest absolute Gasteiger partial charge is 0.353 e. The third-order valence-corrected chi connectivity index (χ3v) is 5.43.